The van der Waals surface area contributed by atoms with E-state index in [9.17, 15) is 14.0 Å². The molecule has 0 aliphatic rings. The van der Waals surface area contributed by atoms with Gasteiger partial charge >= 0.3 is 5.97 Å². The van der Waals surface area contributed by atoms with Crippen LogP contribution in [0.3, 0.4) is 0 Å². The first-order valence-electron chi connectivity index (χ1n) is 7.35. The van der Waals surface area contributed by atoms with E-state index in [1.807, 2.05) is 6.92 Å². The van der Waals surface area contributed by atoms with Gasteiger partial charge in [0.2, 0.25) is 0 Å². The number of quaternary nitrogens is 1. The van der Waals surface area contributed by atoms with Gasteiger partial charge in [0.25, 0.3) is 5.91 Å². The number of esters is 1. The van der Waals surface area contributed by atoms with Crippen molar-refractivity contribution in [1.82, 2.24) is 0 Å². The number of hydrogen-bond donors (Lipinski definition) is 1. The van der Waals surface area contributed by atoms with Gasteiger partial charge in [0.05, 0.1) is 32.5 Å². The topological polar surface area (TPSA) is 55.4 Å². The molecule has 0 saturated carbocycles. The molecule has 5 nitrogen and oxygen atoms in total. The summed E-state index contributed by atoms with van der Waals surface area (Å²) in [5, 5.41) is 2.72. The summed E-state index contributed by atoms with van der Waals surface area (Å²) in [7, 11) is 4.72. The van der Waals surface area contributed by atoms with Crippen LogP contribution in [0.15, 0.2) is 12.1 Å². The van der Waals surface area contributed by atoms with Gasteiger partial charge in [-0.25, -0.2) is 9.18 Å². The van der Waals surface area contributed by atoms with Crippen LogP contribution in [-0.4, -0.2) is 43.0 Å². The number of likely N-dealkylation sites (N-methyl/N-ethyl adjacent to an activating group) is 1. The van der Waals surface area contributed by atoms with E-state index in [1.54, 1.807) is 21.0 Å². The number of nitrogens with one attached hydrogen (secondary N) is 1. The van der Waals surface area contributed by atoms with E-state index >= 15 is 0 Å². The van der Waals surface area contributed by atoms with Crippen LogP contribution < -0.4 is 5.32 Å². The zero-order valence-corrected chi connectivity index (χ0v) is 18.3. The fourth-order valence-electron chi connectivity index (χ4n) is 2.38. The van der Waals surface area contributed by atoms with Crippen LogP contribution in [0, 0.1) is 12.7 Å². The van der Waals surface area contributed by atoms with Crippen LogP contribution in [0.4, 0.5) is 10.1 Å². The molecule has 1 atom stereocenters. The Morgan fingerprint density at radius 1 is 1.38 bits per heavy atom. The van der Waals surface area contributed by atoms with Crippen molar-refractivity contribution in [1.29, 1.82) is 0 Å². The van der Waals surface area contributed by atoms with Crippen molar-refractivity contribution in [3.8, 4) is 0 Å². The van der Waals surface area contributed by atoms with Gasteiger partial charge < -0.3 is 26.8 Å². The van der Waals surface area contributed by atoms with E-state index in [1.165, 1.54) is 13.2 Å². The van der Waals surface area contributed by atoms with E-state index in [4.69, 9.17) is 12.8 Å². The Balaban J connectivity index is 0.00000529. The predicted octanol–water partition coefficient (Wildman–Crippen LogP) is 2.56. The zero-order chi connectivity index (χ0) is 17.8. The van der Waals surface area contributed by atoms with Crippen LogP contribution >= 0.6 is 0 Å². The fourth-order valence-corrected chi connectivity index (χ4v) is 2.59. The zero-order valence-electron chi connectivity index (χ0n) is 14.7. The second-order valence-electron chi connectivity index (χ2n) is 5.86. The molecule has 0 aliphatic carbocycles. The van der Waals surface area contributed by atoms with Crippen LogP contribution in [0.1, 0.15) is 35.7 Å². The molecule has 0 spiro atoms. The summed E-state index contributed by atoms with van der Waals surface area (Å²) in [5.41, 5.74) is 0.694. The summed E-state index contributed by atoms with van der Waals surface area (Å²) in [6, 6.07) is 1.85. The number of carbonyl (C=O) groups excluding carboxylic acids is 2. The van der Waals surface area contributed by atoms with Gasteiger partial charge in [0, 0.05) is 39.1 Å². The minimum absolute atomic E-state index is 0. The molecule has 1 aromatic carbocycles. The molecule has 0 heterocycles. The van der Waals surface area contributed by atoms with Crippen LogP contribution in [0.2, 0.25) is 0 Å². The molecule has 0 aliphatic heterocycles. The van der Waals surface area contributed by atoms with Crippen LogP contribution in [0.5, 0.6) is 0 Å². The van der Waals surface area contributed by atoms with Crippen molar-refractivity contribution in [2.45, 2.75) is 32.7 Å². The third-order valence-corrected chi connectivity index (χ3v) is 3.82. The summed E-state index contributed by atoms with van der Waals surface area (Å²) in [4.78, 5) is 24.5. The van der Waals surface area contributed by atoms with Gasteiger partial charge in [0.15, 0.2) is 6.04 Å². The Labute approximate surface area is 173 Å². The molecular weight excluding hydrogens is 408 g/mol. The first kappa shape index (κ1) is 23.5. The smallest absolute Gasteiger partial charge is 0.340 e. The average molecular weight is 431 g/mol. The van der Waals surface area contributed by atoms with E-state index in [0.717, 1.165) is 12.5 Å². The molecule has 131 valence electrons. The van der Waals surface area contributed by atoms with Gasteiger partial charge in [-0.2, -0.15) is 0 Å². The number of nitrogens with zero attached hydrogens (tertiary/aromatic N) is 1. The number of hydrogen-bond acceptors (Lipinski definition) is 4. The van der Waals surface area contributed by atoms with Crippen molar-refractivity contribution in [3.63, 3.8) is 0 Å². The van der Waals surface area contributed by atoms with Gasteiger partial charge in [-0.3, -0.25) is 4.79 Å². The van der Waals surface area contributed by atoms with E-state index in [2.05, 4.69) is 10.1 Å². The van der Waals surface area contributed by atoms with Gasteiger partial charge in [-0.1, -0.05) is 13.3 Å². The summed E-state index contributed by atoms with van der Waals surface area (Å²) in [6.07, 6.45) is 1.40. The standard InChI is InChI=1S/C16H23FN2O3S.Y/c1-6-7-13(19(3,4)23)15(20)18-14-10(2)8-11(17)9-12(14)16(21)22-5;/h8-9,13H,6-7H2,1-5H3,(H,18,20);. The number of carbonyl (C=O) groups is 2. The van der Waals surface area contributed by atoms with E-state index in [-0.39, 0.29) is 53.8 Å². The molecule has 1 aromatic rings. The SMILES string of the molecule is CCCC(C(=O)Nc1c(C)cc(F)cc1C(=O)OC)[N+](C)(C)[S-].[Y]. The van der Waals surface area contributed by atoms with Crippen molar-refractivity contribution >= 4 is 30.4 Å². The maximum atomic E-state index is 13.6. The number of methoxy groups -OCH3 is 1. The first-order chi connectivity index (χ1) is 10.6. The van der Waals surface area contributed by atoms with Gasteiger partial charge in [-0.05, 0) is 24.6 Å². The molecule has 8 heteroatoms. The number of aryl methyl sites for hydroxylation is 1. The van der Waals surface area contributed by atoms with Gasteiger partial charge in [-0.15, -0.1) is 0 Å². The van der Waals surface area contributed by atoms with Crippen molar-refractivity contribution in [2.24, 2.45) is 0 Å². The van der Waals surface area contributed by atoms with Gasteiger partial charge in [0.1, 0.15) is 5.82 Å². The van der Waals surface area contributed by atoms with Crippen LogP contribution in [0.25, 0.3) is 0 Å². The molecule has 0 fully saturated rings. The first-order valence-corrected chi connectivity index (χ1v) is 7.72. The molecule has 1 rings (SSSR count). The number of anilines is 1. The Morgan fingerprint density at radius 2 is 1.96 bits per heavy atom. The van der Waals surface area contributed by atoms with E-state index in [0.29, 0.717) is 12.0 Å². The minimum Gasteiger partial charge on any atom is -0.494 e. The molecule has 0 bridgehead atoms. The van der Waals surface area contributed by atoms with Crippen molar-refractivity contribution < 1.29 is 55.3 Å². The summed E-state index contributed by atoms with van der Waals surface area (Å²) >= 11 is 5.35. The van der Waals surface area contributed by atoms with Crippen molar-refractivity contribution in [2.75, 3.05) is 26.5 Å². The largest absolute Gasteiger partial charge is 0.494 e. The quantitative estimate of drug-likeness (QED) is 0.428. The number of ether oxygens (including phenoxy) is 1. The third kappa shape index (κ3) is 6.10. The third-order valence-electron chi connectivity index (χ3n) is 3.57. The molecule has 1 unspecified atom stereocenters. The molecule has 24 heavy (non-hydrogen) atoms. The predicted molar refractivity (Wildman–Crippen MR) is 89.3 cm³/mol. The Morgan fingerprint density at radius 3 is 2.42 bits per heavy atom. The molecule has 1 radical (unpaired) electrons. The monoisotopic (exact) mass is 431 g/mol. The second-order valence-corrected chi connectivity index (χ2v) is 6.81. The van der Waals surface area contributed by atoms with E-state index < -0.39 is 17.8 Å². The molecule has 0 aromatic heterocycles. The maximum Gasteiger partial charge on any atom is 0.340 e. The second kappa shape index (κ2) is 9.85. The molecule has 0 saturated heterocycles. The molecule has 1 amide bonds. The Kier molecular flexibility index (Phi) is 9.65. The normalized spacial score (nSPS) is 12.1. The fraction of sp³-hybridized carbons (Fsp3) is 0.500. The summed E-state index contributed by atoms with van der Waals surface area (Å²) < 4.78 is 18.3. The minimum atomic E-state index is -0.706. The molecule has 1 N–H and O–H groups in total. The average Bonchev–Trinajstić information content (AvgIpc) is 2.44. The summed E-state index contributed by atoms with van der Waals surface area (Å²) in [6.45, 7) is 3.59. The summed E-state index contributed by atoms with van der Waals surface area (Å²) in [5.74, 6) is -1.57. The molecular formula is C16H23FN2O3SY. The number of rotatable bonds is 6. The number of halogens is 1. The maximum absolute atomic E-state index is 13.6. The van der Waals surface area contributed by atoms with Crippen molar-refractivity contribution in [3.05, 3.63) is 29.1 Å². The Hall–Kier alpha value is -0.496. The van der Waals surface area contributed by atoms with Crippen LogP contribution in [-0.2, 0) is 55.1 Å². The Bertz CT molecular complexity index is 606. The number of amides is 1. The number of benzene rings is 1.